The number of nitrogens with zero attached hydrogens (tertiary/aromatic N) is 2. The molecule has 0 atom stereocenters. The van der Waals surface area contributed by atoms with Gasteiger partial charge in [0.1, 0.15) is 6.29 Å². The molecule has 0 radical (unpaired) electrons. The molecular formula is C21H19N3P+. The zero-order valence-corrected chi connectivity index (χ0v) is 14.7. The first kappa shape index (κ1) is 15.7. The highest BCUT2D eigenvalue weighted by molar-refractivity contribution is 7.71. The minimum atomic E-state index is -0.491. The van der Waals surface area contributed by atoms with E-state index in [4.69, 9.17) is 0 Å². The standard InChI is InChI=1S/C21H18N3P/c1-4-10-18(11-5-1)21-16-24(23-22-21)17-25(19-12-6-2-7-13-19)20-14-8-3-9-15-20/h1-16H,17H2/p+1. The molecule has 1 aromatic heterocycles. The molecule has 0 fully saturated rings. The van der Waals surface area contributed by atoms with Crippen molar-refractivity contribution in [2.45, 2.75) is 6.29 Å². The quantitative estimate of drug-likeness (QED) is 0.436. The van der Waals surface area contributed by atoms with Gasteiger partial charge in [-0.25, -0.2) is 0 Å². The van der Waals surface area contributed by atoms with Crippen LogP contribution in [0.3, 0.4) is 0 Å². The van der Waals surface area contributed by atoms with Gasteiger partial charge in [-0.2, -0.15) is 4.68 Å². The van der Waals surface area contributed by atoms with Crippen LogP contribution < -0.4 is 15.3 Å². The molecule has 0 spiro atoms. The van der Waals surface area contributed by atoms with Gasteiger partial charge in [0.25, 0.3) is 0 Å². The average Bonchev–Trinajstić information content (AvgIpc) is 3.17. The summed E-state index contributed by atoms with van der Waals surface area (Å²) >= 11 is 0. The first-order valence-electron chi connectivity index (χ1n) is 8.28. The van der Waals surface area contributed by atoms with E-state index >= 15 is 0 Å². The van der Waals surface area contributed by atoms with Crippen molar-refractivity contribution in [1.82, 2.24) is 10.3 Å². The topological polar surface area (TPSA) is 32.6 Å². The minimum absolute atomic E-state index is 0.491. The van der Waals surface area contributed by atoms with E-state index in [9.17, 15) is 0 Å². The second kappa shape index (κ2) is 7.42. The number of H-pyrrole nitrogens is 1. The zero-order valence-electron chi connectivity index (χ0n) is 13.8. The van der Waals surface area contributed by atoms with Crippen LogP contribution in [0.25, 0.3) is 11.3 Å². The van der Waals surface area contributed by atoms with Crippen LogP contribution in [0.5, 0.6) is 0 Å². The molecule has 4 heteroatoms. The van der Waals surface area contributed by atoms with Crippen molar-refractivity contribution >= 4 is 18.5 Å². The SMILES string of the molecule is c1ccc(-c2c[n+](CP(c3ccccc3)c3ccccc3)[nH]n2)cc1. The highest BCUT2D eigenvalue weighted by atomic mass is 31.1. The van der Waals surface area contributed by atoms with Crippen LogP contribution in [0.1, 0.15) is 0 Å². The summed E-state index contributed by atoms with van der Waals surface area (Å²) in [7, 11) is -0.491. The Labute approximate surface area is 148 Å². The Bertz CT molecular complexity index is 882. The third-order valence-corrected chi connectivity index (χ3v) is 6.51. The van der Waals surface area contributed by atoms with Gasteiger partial charge >= 0.3 is 0 Å². The highest BCUT2D eigenvalue weighted by Crippen LogP contribution is 2.33. The molecule has 0 unspecified atom stereocenters. The zero-order chi connectivity index (χ0) is 16.9. The lowest BCUT2D eigenvalue weighted by molar-refractivity contribution is -0.735. The van der Waals surface area contributed by atoms with Crippen molar-refractivity contribution in [3.63, 3.8) is 0 Å². The molecule has 25 heavy (non-hydrogen) atoms. The Kier molecular flexibility index (Phi) is 4.67. The van der Waals surface area contributed by atoms with Crippen molar-refractivity contribution in [3.8, 4) is 11.3 Å². The Hall–Kier alpha value is -2.77. The molecule has 0 amide bonds. The number of rotatable bonds is 5. The summed E-state index contributed by atoms with van der Waals surface area (Å²) in [6.45, 7) is 0. The van der Waals surface area contributed by atoms with E-state index in [1.807, 2.05) is 18.2 Å². The second-order valence-electron chi connectivity index (χ2n) is 5.80. The smallest absolute Gasteiger partial charge is 0.158 e. The molecular weight excluding hydrogens is 325 g/mol. The lowest BCUT2D eigenvalue weighted by Crippen LogP contribution is -2.37. The molecule has 0 aliphatic carbocycles. The van der Waals surface area contributed by atoms with Crippen LogP contribution in [0.2, 0.25) is 0 Å². The van der Waals surface area contributed by atoms with E-state index in [-0.39, 0.29) is 0 Å². The van der Waals surface area contributed by atoms with Gasteiger partial charge in [-0.15, -0.1) is 0 Å². The molecule has 3 nitrogen and oxygen atoms in total. The number of hydrogen-bond donors (Lipinski definition) is 1. The van der Waals surface area contributed by atoms with E-state index in [0.29, 0.717) is 0 Å². The Morgan fingerprint density at radius 3 is 1.80 bits per heavy atom. The molecule has 0 bridgehead atoms. The number of hydrogen-bond acceptors (Lipinski definition) is 1. The average molecular weight is 344 g/mol. The van der Waals surface area contributed by atoms with E-state index in [1.54, 1.807) is 0 Å². The predicted octanol–water partition coefficient (Wildman–Crippen LogP) is 3.45. The van der Waals surface area contributed by atoms with Gasteiger partial charge in [-0.1, -0.05) is 96.2 Å². The summed E-state index contributed by atoms with van der Waals surface area (Å²) in [6.07, 6.45) is 2.97. The predicted molar refractivity (Wildman–Crippen MR) is 103 cm³/mol. The van der Waals surface area contributed by atoms with Crippen LogP contribution in [0.4, 0.5) is 0 Å². The van der Waals surface area contributed by atoms with Crippen LogP contribution in [-0.2, 0) is 6.29 Å². The maximum Gasteiger partial charge on any atom is 0.248 e. The summed E-state index contributed by atoms with van der Waals surface area (Å²) < 4.78 is 2.09. The molecule has 0 aliphatic heterocycles. The Morgan fingerprint density at radius 2 is 1.24 bits per heavy atom. The molecule has 0 saturated carbocycles. The normalized spacial score (nSPS) is 10.9. The maximum atomic E-state index is 4.48. The number of aromatic amines is 1. The highest BCUT2D eigenvalue weighted by Gasteiger charge is 2.19. The van der Waals surface area contributed by atoms with E-state index in [0.717, 1.165) is 17.5 Å². The van der Waals surface area contributed by atoms with Crippen molar-refractivity contribution in [2.75, 3.05) is 0 Å². The van der Waals surface area contributed by atoms with Crippen LogP contribution >= 0.6 is 7.92 Å². The van der Waals surface area contributed by atoms with Gasteiger partial charge in [0, 0.05) is 18.6 Å². The maximum absolute atomic E-state index is 4.48. The van der Waals surface area contributed by atoms with Crippen LogP contribution in [-0.4, -0.2) is 10.3 Å². The van der Waals surface area contributed by atoms with Gasteiger partial charge in [-0.05, 0) is 10.6 Å². The van der Waals surface area contributed by atoms with Gasteiger partial charge in [0.15, 0.2) is 6.20 Å². The fraction of sp³-hybridized carbons (Fsp3) is 0.0476. The van der Waals surface area contributed by atoms with Gasteiger partial charge in [0.05, 0.1) is 0 Å². The Morgan fingerprint density at radius 1 is 0.720 bits per heavy atom. The summed E-state index contributed by atoms with van der Waals surface area (Å²) in [5, 5.41) is 10.4. The van der Waals surface area contributed by atoms with Crippen LogP contribution in [0.15, 0.2) is 97.2 Å². The summed E-state index contributed by atoms with van der Waals surface area (Å²) in [4.78, 5) is 0. The molecule has 4 rings (SSSR count). The molecule has 4 aromatic rings. The molecule has 122 valence electrons. The van der Waals surface area contributed by atoms with Crippen LogP contribution in [0, 0.1) is 0 Å². The second-order valence-corrected chi connectivity index (χ2v) is 7.97. The monoisotopic (exact) mass is 344 g/mol. The molecule has 0 aliphatic rings. The largest absolute Gasteiger partial charge is 0.248 e. The molecule has 1 N–H and O–H groups in total. The number of aromatic nitrogens is 3. The fourth-order valence-corrected chi connectivity index (χ4v) is 4.96. The lowest BCUT2D eigenvalue weighted by Gasteiger charge is -2.15. The van der Waals surface area contributed by atoms with E-state index in [1.165, 1.54) is 10.6 Å². The molecule has 3 aromatic carbocycles. The number of nitrogens with one attached hydrogen (secondary N) is 1. The fourth-order valence-electron chi connectivity index (χ4n) is 2.82. The van der Waals surface area contributed by atoms with Crippen molar-refractivity contribution in [3.05, 3.63) is 97.2 Å². The van der Waals surface area contributed by atoms with Crippen molar-refractivity contribution < 1.29 is 4.68 Å². The molecule has 0 saturated heterocycles. The molecule has 1 heterocycles. The van der Waals surface area contributed by atoms with Gasteiger partial charge < -0.3 is 0 Å². The van der Waals surface area contributed by atoms with E-state index < -0.39 is 7.92 Å². The Balaban J connectivity index is 1.65. The summed E-state index contributed by atoms with van der Waals surface area (Å²) in [5.41, 5.74) is 2.10. The van der Waals surface area contributed by atoms with Gasteiger partial charge in [-0.3, -0.25) is 0 Å². The lowest BCUT2D eigenvalue weighted by atomic mass is 10.2. The van der Waals surface area contributed by atoms with Crippen molar-refractivity contribution in [1.29, 1.82) is 0 Å². The third kappa shape index (κ3) is 3.67. The summed E-state index contributed by atoms with van der Waals surface area (Å²) in [5.74, 6) is 0. The van der Waals surface area contributed by atoms with Gasteiger partial charge in [0.2, 0.25) is 5.69 Å². The first-order valence-corrected chi connectivity index (χ1v) is 9.81. The van der Waals surface area contributed by atoms with E-state index in [2.05, 4.69) is 94.0 Å². The first-order chi connectivity index (χ1) is 12.4. The number of benzene rings is 3. The summed E-state index contributed by atoms with van der Waals surface area (Å²) in [6, 6.07) is 31.7. The third-order valence-electron chi connectivity index (χ3n) is 4.08. The van der Waals surface area contributed by atoms with Crippen molar-refractivity contribution in [2.24, 2.45) is 0 Å². The minimum Gasteiger partial charge on any atom is -0.158 e.